The number of nitrogens with one attached hydrogen (secondary N) is 1. The van der Waals surface area contributed by atoms with Crippen LogP contribution in [-0.4, -0.2) is 12.5 Å². The standard InChI is InChI=1S/C14H22N2O/c1-9-6-10(2)12(11(3)7-9)16-13(17)14(4,5)8-15/h6-7H,8,15H2,1-5H3,(H,16,17). The van der Waals surface area contributed by atoms with Crippen LogP contribution < -0.4 is 11.1 Å². The van der Waals surface area contributed by atoms with Gasteiger partial charge in [0.05, 0.1) is 5.41 Å². The Labute approximate surface area is 103 Å². The molecule has 0 spiro atoms. The first kappa shape index (κ1) is 13.7. The van der Waals surface area contributed by atoms with E-state index in [0.717, 1.165) is 16.8 Å². The van der Waals surface area contributed by atoms with Gasteiger partial charge < -0.3 is 11.1 Å². The van der Waals surface area contributed by atoms with Crippen LogP contribution in [0.2, 0.25) is 0 Å². The van der Waals surface area contributed by atoms with Gasteiger partial charge in [0, 0.05) is 12.2 Å². The second-order valence-corrected chi connectivity index (χ2v) is 5.32. The van der Waals surface area contributed by atoms with Crippen LogP contribution in [0.1, 0.15) is 30.5 Å². The van der Waals surface area contributed by atoms with E-state index >= 15 is 0 Å². The van der Waals surface area contributed by atoms with Crippen molar-refractivity contribution in [2.45, 2.75) is 34.6 Å². The van der Waals surface area contributed by atoms with Crippen molar-refractivity contribution in [1.29, 1.82) is 0 Å². The molecule has 3 heteroatoms. The van der Waals surface area contributed by atoms with Crippen molar-refractivity contribution in [1.82, 2.24) is 0 Å². The Balaban J connectivity index is 3.01. The number of anilines is 1. The Bertz CT molecular complexity index is 413. The number of carbonyl (C=O) groups is 1. The Hall–Kier alpha value is -1.35. The van der Waals surface area contributed by atoms with Gasteiger partial charge in [0.25, 0.3) is 0 Å². The van der Waals surface area contributed by atoms with E-state index in [9.17, 15) is 4.79 Å². The first-order valence-corrected chi connectivity index (χ1v) is 5.87. The summed E-state index contributed by atoms with van der Waals surface area (Å²) in [6.07, 6.45) is 0. The number of aryl methyl sites for hydroxylation is 3. The van der Waals surface area contributed by atoms with Gasteiger partial charge in [-0.25, -0.2) is 0 Å². The summed E-state index contributed by atoms with van der Waals surface area (Å²) in [4.78, 5) is 12.1. The molecule has 0 aliphatic heterocycles. The summed E-state index contributed by atoms with van der Waals surface area (Å²) in [5.41, 5.74) is 9.35. The fourth-order valence-electron chi connectivity index (χ4n) is 1.75. The quantitative estimate of drug-likeness (QED) is 0.844. The number of rotatable bonds is 3. The fourth-order valence-corrected chi connectivity index (χ4v) is 1.75. The summed E-state index contributed by atoms with van der Waals surface area (Å²) < 4.78 is 0. The van der Waals surface area contributed by atoms with Gasteiger partial charge >= 0.3 is 0 Å². The summed E-state index contributed by atoms with van der Waals surface area (Å²) >= 11 is 0. The van der Waals surface area contributed by atoms with Gasteiger partial charge in [-0.15, -0.1) is 0 Å². The van der Waals surface area contributed by atoms with Gasteiger partial charge in [-0.05, 0) is 45.7 Å². The Morgan fingerprint density at radius 2 is 1.71 bits per heavy atom. The van der Waals surface area contributed by atoms with E-state index in [1.54, 1.807) is 0 Å². The molecule has 0 saturated heterocycles. The lowest BCUT2D eigenvalue weighted by Crippen LogP contribution is -2.37. The third kappa shape index (κ3) is 3.07. The molecule has 94 valence electrons. The van der Waals surface area contributed by atoms with E-state index in [2.05, 4.69) is 24.4 Å². The third-order valence-electron chi connectivity index (χ3n) is 3.04. The van der Waals surface area contributed by atoms with Crippen LogP contribution in [-0.2, 0) is 4.79 Å². The Morgan fingerprint density at radius 3 is 2.12 bits per heavy atom. The SMILES string of the molecule is Cc1cc(C)c(NC(=O)C(C)(C)CN)c(C)c1. The lowest BCUT2D eigenvalue weighted by molar-refractivity contribution is -0.123. The van der Waals surface area contributed by atoms with Gasteiger partial charge in [0.2, 0.25) is 5.91 Å². The average molecular weight is 234 g/mol. The van der Waals surface area contributed by atoms with Crippen LogP contribution in [0.25, 0.3) is 0 Å². The molecule has 1 aromatic carbocycles. The Kier molecular flexibility index (Phi) is 3.94. The second-order valence-electron chi connectivity index (χ2n) is 5.32. The smallest absolute Gasteiger partial charge is 0.231 e. The van der Waals surface area contributed by atoms with Crippen molar-refractivity contribution in [3.8, 4) is 0 Å². The molecule has 1 rings (SSSR count). The monoisotopic (exact) mass is 234 g/mol. The maximum absolute atomic E-state index is 12.1. The van der Waals surface area contributed by atoms with Crippen LogP contribution in [0, 0.1) is 26.2 Å². The average Bonchev–Trinajstić information content (AvgIpc) is 2.22. The first-order valence-electron chi connectivity index (χ1n) is 5.87. The minimum atomic E-state index is -0.538. The molecule has 3 nitrogen and oxygen atoms in total. The van der Waals surface area contributed by atoms with Crippen molar-refractivity contribution in [2.24, 2.45) is 11.1 Å². The van der Waals surface area contributed by atoms with Crippen molar-refractivity contribution >= 4 is 11.6 Å². The zero-order valence-electron chi connectivity index (χ0n) is 11.3. The number of hydrogen-bond donors (Lipinski definition) is 2. The van der Waals surface area contributed by atoms with E-state index < -0.39 is 5.41 Å². The topological polar surface area (TPSA) is 55.1 Å². The molecule has 0 aromatic heterocycles. The fraction of sp³-hybridized carbons (Fsp3) is 0.500. The summed E-state index contributed by atoms with van der Waals surface area (Å²) in [6, 6.07) is 4.14. The zero-order chi connectivity index (χ0) is 13.2. The van der Waals surface area contributed by atoms with Crippen LogP contribution in [0.3, 0.4) is 0 Å². The normalized spacial score (nSPS) is 11.4. The molecule has 3 N–H and O–H groups in total. The van der Waals surface area contributed by atoms with E-state index in [0.29, 0.717) is 6.54 Å². The van der Waals surface area contributed by atoms with Crippen LogP contribution in [0.15, 0.2) is 12.1 Å². The summed E-state index contributed by atoms with van der Waals surface area (Å²) in [5, 5.41) is 2.98. The maximum atomic E-state index is 12.1. The van der Waals surface area contributed by atoms with Gasteiger partial charge in [0.15, 0.2) is 0 Å². The summed E-state index contributed by atoms with van der Waals surface area (Å²) in [6.45, 7) is 10.1. The van der Waals surface area contributed by atoms with Crippen molar-refractivity contribution in [3.63, 3.8) is 0 Å². The molecule has 0 aliphatic rings. The van der Waals surface area contributed by atoms with Crippen molar-refractivity contribution < 1.29 is 4.79 Å². The molecule has 0 saturated carbocycles. The number of carbonyl (C=O) groups excluding carboxylic acids is 1. The van der Waals surface area contributed by atoms with Crippen molar-refractivity contribution in [2.75, 3.05) is 11.9 Å². The van der Waals surface area contributed by atoms with E-state index in [1.807, 2.05) is 27.7 Å². The predicted octanol–water partition coefficient (Wildman–Crippen LogP) is 2.54. The predicted molar refractivity (Wildman–Crippen MR) is 72.1 cm³/mol. The highest BCUT2D eigenvalue weighted by molar-refractivity contribution is 5.96. The van der Waals surface area contributed by atoms with Gasteiger partial charge in [-0.3, -0.25) is 4.79 Å². The third-order valence-corrected chi connectivity index (χ3v) is 3.04. The minimum Gasteiger partial charge on any atom is -0.329 e. The maximum Gasteiger partial charge on any atom is 0.231 e. The highest BCUT2D eigenvalue weighted by Gasteiger charge is 2.26. The molecule has 1 amide bonds. The van der Waals surface area contributed by atoms with Gasteiger partial charge in [-0.2, -0.15) is 0 Å². The number of amides is 1. The number of nitrogens with two attached hydrogens (primary N) is 1. The molecule has 0 bridgehead atoms. The lowest BCUT2D eigenvalue weighted by atomic mass is 9.92. The van der Waals surface area contributed by atoms with E-state index in [1.165, 1.54) is 5.56 Å². The van der Waals surface area contributed by atoms with E-state index in [4.69, 9.17) is 5.73 Å². The zero-order valence-corrected chi connectivity index (χ0v) is 11.3. The highest BCUT2D eigenvalue weighted by atomic mass is 16.2. The molecular formula is C14H22N2O. The Morgan fingerprint density at radius 1 is 1.24 bits per heavy atom. The molecule has 0 aliphatic carbocycles. The molecule has 0 radical (unpaired) electrons. The molecule has 0 unspecified atom stereocenters. The molecule has 0 fully saturated rings. The first-order chi connectivity index (χ1) is 7.77. The van der Waals surface area contributed by atoms with Gasteiger partial charge in [0.1, 0.15) is 0 Å². The molecule has 0 heterocycles. The highest BCUT2D eigenvalue weighted by Crippen LogP contribution is 2.24. The minimum absolute atomic E-state index is 0.0324. The summed E-state index contributed by atoms with van der Waals surface area (Å²) in [5.74, 6) is -0.0324. The largest absolute Gasteiger partial charge is 0.329 e. The molecule has 17 heavy (non-hydrogen) atoms. The second kappa shape index (κ2) is 4.88. The molecule has 1 aromatic rings. The van der Waals surface area contributed by atoms with Crippen LogP contribution in [0.4, 0.5) is 5.69 Å². The lowest BCUT2D eigenvalue weighted by Gasteiger charge is -2.23. The van der Waals surface area contributed by atoms with Crippen molar-refractivity contribution in [3.05, 3.63) is 28.8 Å². The molecule has 0 atom stereocenters. The van der Waals surface area contributed by atoms with Crippen LogP contribution in [0.5, 0.6) is 0 Å². The number of hydrogen-bond acceptors (Lipinski definition) is 2. The van der Waals surface area contributed by atoms with Crippen LogP contribution >= 0.6 is 0 Å². The molecular weight excluding hydrogens is 212 g/mol. The summed E-state index contributed by atoms with van der Waals surface area (Å²) in [7, 11) is 0. The number of benzene rings is 1. The van der Waals surface area contributed by atoms with E-state index in [-0.39, 0.29) is 5.91 Å². The van der Waals surface area contributed by atoms with Gasteiger partial charge in [-0.1, -0.05) is 17.7 Å².